The summed E-state index contributed by atoms with van der Waals surface area (Å²) in [5.74, 6) is -0.339. The number of benzene rings is 3. The summed E-state index contributed by atoms with van der Waals surface area (Å²) < 4.78 is 5.92. The van der Waals surface area contributed by atoms with Crippen molar-refractivity contribution in [2.45, 2.75) is 13.0 Å². The van der Waals surface area contributed by atoms with E-state index in [2.05, 4.69) is 0 Å². The minimum Gasteiger partial charge on any atom is -0.489 e. The zero-order valence-corrected chi connectivity index (χ0v) is 13.2. The van der Waals surface area contributed by atoms with Crippen molar-refractivity contribution in [3.8, 4) is 5.75 Å². The number of hydrogen-bond donors (Lipinski definition) is 1. The van der Waals surface area contributed by atoms with Gasteiger partial charge in [0.05, 0.1) is 5.56 Å². The number of carbonyl (C=O) groups is 1. The van der Waals surface area contributed by atoms with E-state index in [0.717, 1.165) is 16.7 Å². The summed E-state index contributed by atoms with van der Waals surface area (Å²) in [5.41, 5.74) is 3.41. The van der Waals surface area contributed by atoms with Crippen LogP contribution in [-0.4, -0.2) is 11.1 Å². The minimum atomic E-state index is -0.953. The molecule has 1 N–H and O–H groups in total. The molecule has 0 amide bonds. The standard InChI is InChI=1S/C21H18O3/c22-21(23)19-12-11-18(13-16-7-3-1-4-8-16)20(14-19)24-15-17-9-5-2-6-10-17/h1-12,14H,13,15H2,(H,22,23). The highest BCUT2D eigenvalue weighted by atomic mass is 16.5. The van der Waals surface area contributed by atoms with Crippen LogP contribution in [0, 0.1) is 0 Å². The second kappa shape index (κ2) is 7.47. The predicted molar refractivity (Wildman–Crippen MR) is 93.4 cm³/mol. The molecule has 0 saturated carbocycles. The average molecular weight is 318 g/mol. The lowest BCUT2D eigenvalue weighted by atomic mass is 10.0. The van der Waals surface area contributed by atoms with Crippen LogP contribution in [0.3, 0.4) is 0 Å². The highest BCUT2D eigenvalue weighted by Crippen LogP contribution is 2.24. The molecule has 0 aliphatic carbocycles. The van der Waals surface area contributed by atoms with E-state index in [9.17, 15) is 9.90 Å². The van der Waals surface area contributed by atoms with Crippen molar-refractivity contribution in [1.29, 1.82) is 0 Å². The summed E-state index contributed by atoms with van der Waals surface area (Å²) in [6.07, 6.45) is 0.699. The Morgan fingerprint density at radius 2 is 1.46 bits per heavy atom. The van der Waals surface area contributed by atoms with Gasteiger partial charge < -0.3 is 9.84 Å². The Balaban J connectivity index is 1.85. The molecular formula is C21H18O3. The van der Waals surface area contributed by atoms with Crippen LogP contribution in [0.25, 0.3) is 0 Å². The number of rotatable bonds is 6. The number of ether oxygens (including phenoxy) is 1. The van der Waals surface area contributed by atoms with Crippen molar-refractivity contribution >= 4 is 5.97 Å². The van der Waals surface area contributed by atoms with Crippen LogP contribution in [0.2, 0.25) is 0 Å². The van der Waals surface area contributed by atoms with Crippen molar-refractivity contribution in [3.05, 3.63) is 101 Å². The van der Waals surface area contributed by atoms with Gasteiger partial charge in [0, 0.05) is 6.42 Å². The normalized spacial score (nSPS) is 10.3. The molecular weight excluding hydrogens is 300 g/mol. The molecule has 3 nitrogen and oxygen atoms in total. The van der Waals surface area contributed by atoms with Crippen LogP contribution < -0.4 is 4.74 Å². The summed E-state index contributed by atoms with van der Waals surface area (Å²) in [7, 11) is 0. The van der Waals surface area contributed by atoms with Crippen LogP contribution >= 0.6 is 0 Å². The predicted octanol–water partition coefficient (Wildman–Crippen LogP) is 4.55. The molecule has 0 aromatic heterocycles. The fourth-order valence-electron chi connectivity index (χ4n) is 2.52. The second-order valence-electron chi connectivity index (χ2n) is 5.56. The molecule has 0 fully saturated rings. The third kappa shape index (κ3) is 4.02. The van der Waals surface area contributed by atoms with Crippen molar-refractivity contribution in [3.63, 3.8) is 0 Å². The zero-order valence-electron chi connectivity index (χ0n) is 13.2. The first kappa shape index (κ1) is 15.8. The van der Waals surface area contributed by atoms with E-state index in [1.165, 1.54) is 0 Å². The van der Waals surface area contributed by atoms with Crippen molar-refractivity contribution in [2.24, 2.45) is 0 Å². The Morgan fingerprint density at radius 1 is 0.833 bits per heavy atom. The number of carboxylic acid groups (broad SMARTS) is 1. The number of hydrogen-bond acceptors (Lipinski definition) is 2. The third-order valence-corrected chi connectivity index (χ3v) is 3.79. The molecule has 0 radical (unpaired) electrons. The average Bonchev–Trinajstić information content (AvgIpc) is 2.62. The SMILES string of the molecule is O=C(O)c1ccc(Cc2ccccc2)c(OCc2ccccc2)c1. The molecule has 3 rings (SSSR count). The Kier molecular flexibility index (Phi) is 4.92. The lowest BCUT2D eigenvalue weighted by Crippen LogP contribution is -2.03. The van der Waals surface area contributed by atoms with E-state index < -0.39 is 5.97 Å². The zero-order chi connectivity index (χ0) is 16.8. The van der Waals surface area contributed by atoms with Crippen LogP contribution in [0.4, 0.5) is 0 Å². The van der Waals surface area contributed by atoms with Gasteiger partial charge in [-0.3, -0.25) is 0 Å². The maximum Gasteiger partial charge on any atom is 0.335 e. The summed E-state index contributed by atoms with van der Waals surface area (Å²) >= 11 is 0. The van der Waals surface area contributed by atoms with Gasteiger partial charge in [0.2, 0.25) is 0 Å². The van der Waals surface area contributed by atoms with E-state index >= 15 is 0 Å². The maximum atomic E-state index is 11.2. The van der Waals surface area contributed by atoms with Gasteiger partial charge in [-0.2, -0.15) is 0 Å². The molecule has 120 valence electrons. The first-order chi connectivity index (χ1) is 11.7. The maximum absolute atomic E-state index is 11.2. The van der Waals surface area contributed by atoms with Crippen LogP contribution in [0.5, 0.6) is 5.75 Å². The van der Waals surface area contributed by atoms with E-state index in [1.54, 1.807) is 12.1 Å². The smallest absolute Gasteiger partial charge is 0.335 e. The quantitative estimate of drug-likeness (QED) is 0.725. The van der Waals surface area contributed by atoms with Gasteiger partial charge in [-0.1, -0.05) is 66.7 Å². The summed E-state index contributed by atoms with van der Waals surface area (Å²) in [6.45, 7) is 0.408. The number of aromatic carboxylic acids is 1. The molecule has 3 aromatic rings. The van der Waals surface area contributed by atoms with Gasteiger partial charge in [0.15, 0.2) is 0 Å². The lowest BCUT2D eigenvalue weighted by molar-refractivity contribution is 0.0696. The Labute approximate surface area is 141 Å². The van der Waals surface area contributed by atoms with Gasteiger partial charge in [-0.15, -0.1) is 0 Å². The first-order valence-electron chi connectivity index (χ1n) is 7.79. The van der Waals surface area contributed by atoms with Gasteiger partial charge in [0.1, 0.15) is 12.4 Å². The molecule has 0 aliphatic heterocycles. The Hall–Kier alpha value is -3.07. The second-order valence-corrected chi connectivity index (χ2v) is 5.56. The summed E-state index contributed by atoms with van der Waals surface area (Å²) in [6, 6.07) is 24.9. The topological polar surface area (TPSA) is 46.5 Å². The molecule has 0 unspecified atom stereocenters. The molecule has 0 atom stereocenters. The monoisotopic (exact) mass is 318 g/mol. The van der Waals surface area contributed by atoms with Crippen LogP contribution in [0.15, 0.2) is 78.9 Å². The van der Waals surface area contributed by atoms with Gasteiger partial charge >= 0.3 is 5.97 Å². The van der Waals surface area contributed by atoms with Gasteiger partial charge in [-0.05, 0) is 28.8 Å². The fraction of sp³-hybridized carbons (Fsp3) is 0.0952. The first-order valence-corrected chi connectivity index (χ1v) is 7.79. The molecule has 0 heterocycles. The van der Waals surface area contributed by atoms with Gasteiger partial charge in [-0.25, -0.2) is 4.79 Å². The minimum absolute atomic E-state index is 0.231. The molecule has 0 saturated heterocycles. The highest BCUT2D eigenvalue weighted by molar-refractivity contribution is 5.88. The number of carboxylic acids is 1. The van der Waals surface area contributed by atoms with E-state index in [1.807, 2.05) is 66.7 Å². The van der Waals surface area contributed by atoms with E-state index in [-0.39, 0.29) is 5.56 Å². The molecule has 24 heavy (non-hydrogen) atoms. The molecule has 0 spiro atoms. The van der Waals surface area contributed by atoms with Gasteiger partial charge in [0.25, 0.3) is 0 Å². The van der Waals surface area contributed by atoms with Crippen molar-refractivity contribution in [1.82, 2.24) is 0 Å². The van der Waals surface area contributed by atoms with Crippen molar-refractivity contribution in [2.75, 3.05) is 0 Å². The molecule has 0 aliphatic rings. The van der Waals surface area contributed by atoms with E-state index in [0.29, 0.717) is 18.8 Å². The molecule has 0 bridgehead atoms. The largest absolute Gasteiger partial charge is 0.489 e. The molecule has 3 aromatic carbocycles. The summed E-state index contributed by atoms with van der Waals surface area (Å²) in [5, 5.41) is 9.22. The van der Waals surface area contributed by atoms with Crippen LogP contribution in [0.1, 0.15) is 27.0 Å². The molecule has 3 heteroatoms. The lowest BCUT2D eigenvalue weighted by Gasteiger charge is -2.13. The highest BCUT2D eigenvalue weighted by Gasteiger charge is 2.10. The summed E-state index contributed by atoms with van der Waals surface area (Å²) in [4.78, 5) is 11.2. The Bertz CT molecular complexity index is 811. The fourth-order valence-corrected chi connectivity index (χ4v) is 2.52. The Morgan fingerprint density at radius 3 is 2.08 bits per heavy atom. The van der Waals surface area contributed by atoms with Crippen LogP contribution in [-0.2, 0) is 13.0 Å². The van der Waals surface area contributed by atoms with E-state index in [4.69, 9.17) is 4.74 Å². The third-order valence-electron chi connectivity index (χ3n) is 3.79. The van der Waals surface area contributed by atoms with Crippen molar-refractivity contribution < 1.29 is 14.6 Å².